The summed E-state index contributed by atoms with van der Waals surface area (Å²) in [6.07, 6.45) is 0.0793. The molecule has 1 amide bonds. The molecule has 0 aliphatic heterocycles. The Morgan fingerprint density at radius 1 is 1.47 bits per heavy atom. The number of rotatable bonds is 1. The first-order valence-electron chi connectivity index (χ1n) is 4.38. The van der Waals surface area contributed by atoms with E-state index >= 15 is 0 Å². The minimum atomic E-state index is -0.413. The van der Waals surface area contributed by atoms with E-state index in [1.165, 1.54) is 11.3 Å². The highest BCUT2D eigenvalue weighted by atomic mass is 32.1. The number of carbonyl (C=O) groups excluding carboxylic acids is 1. The van der Waals surface area contributed by atoms with Gasteiger partial charge in [0, 0.05) is 0 Å². The van der Waals surface area contributed by atoms with Gasteiger partial charge in [-0.1, -0.05) is 18.1 Å². The maximum atomic E-state index is 10.5. The predicted molar refractivity (Wildman–Crippen MR) is 60.3 cm³/mol. The fraction of sp³-hybridized carbons (Fsp3) is 0.0909. The van der Waals surface area contributed by atoms with Crippen LogP contribution in [0.3, 0.4) is 0 Å². The van der Waals surface area contributed by atoms with Crippen LogP contribution < -0.4 is 5.73 Å². The van der Waals surface area contributed by atoms with E-state index in [0.717, 1.165) is 15.2 Å². The first-order chi connectivity index (χ1) is 7.25. The summed E-state index contributed by atoms with van der Waals surface area (Å²) < 4.78 is 1.10. The number of aromatic nitrogens is 1. The second-order valence-electron chi connectivity index (χ2n) is 2.93. The molecule has 0 saturated carbocycles. The minimum absolute atomic E-state index is 0.0793. The molecule has 2 N–H and O–H groups in total. The molecule has 15 heavy (non-hydrogen) atoms. The van der Waals surface area contributed by atoms with Crippen molar-refractivity contribution in [2.45, 2.75) is 6.42 Å². The monoisotopic (exact) mass is 216 g/mol. The largest absolute Gasteiger partial charge is 0.369 e. The van der Waals surface area contributed by atoms with Gasteiger partial charge in [-0.05, 0) is 18.1 Å². The average molecular weight is 216 g/mol. The topological polar surface area (TPSA) is 56.0 Å². The molecule has 0 spiro atoms. The number of benzene rings is 1. The molecule has 1 heterocycles. The maximum Gasteiger partial charge on any atom is 0.229 e. The van der Waals surface area contributed by atoms with E-state index in [-0.39, 0.29) is 6.42 Å². The highest BCUT2D eigenvalue weighted by Crippen LogP contribution is 2.20. The Hall–Kier alpha value is -1.86. The van der Waals surface area contributed by atoms with E-state index in [2.05, 4.69) is 16.8 Å². The van der Waals surface area contributed by atoms with E-state index in [9.17, 15) is 4.79 Å². The van der Waals surface area contributed by atoms with Gasteiger partial charge in [0.05, 0.1) is 16.6 Å². The lowest BCUT2D eigenvalue weighted by Crippen LogP contribution is -2.08. The molecule has 0 aliphatic carbocycles. The Morgan fingerprint density at radius 2 is 2.27 bits per heavy atom. The van der Waals surface area contributed by atoms with Crippen LogP contribution in [-0.4, -0.2) is 10.9 Å². The molecule has 3 nitrogen and oxygen atoms in total. The number of nitrogens with two attached hydrogens (primary N) is 1. The van der Waals surface area contributed by atoms with Crippen molar-refractivity contribution in [2.75, 3.05) is 0 Å². The molecular weight excluding hydrogens is 208 g/mol. The van der Waals surface area contributed by atoms with E-state index in [4.69, 9.17) is 5.73 Å². The Labute approximate surface area is 90.9 Å². The van der Waals surface area contributed by atoms with E-state index < -0.39 is 5.91 Å². The summed E-state index contributed by atoms with van der Waals surface area (Å²) in [5.74, 6) is 5.09. The first kappa shape index (κ1) is 9.69. The summed E-state index contributed by atoms with van der Waals surface area (Å²) in [5, 5.41) is 0.720. The normalized spacial score (nSPS) is 9.60. The Balaban J connectivity index is 2.28. The molecular formula is C11H8N2OS. The van der Waals surface area contributed by atoms with Crippen LogP contribution in [0.15, 0.2) is 24.3 Å². The number of primary amides is 1. The second kappa shape index (κ2) is 4.11. The third-order valence-electron chi connectivity index (χ3n) is 1.75. The zero-order valence-electron chi connectivity index (χ0n) is 7.86. The Bertz CT molecular complexity index is 529. The van der Waals surface area contributed by atoms with Crippen molar-refractivity contribution >= 4 is 27.5 Å². The number of hydrogen-bond acceptors (Lipinski definition) is 3. The van der Waals surface area contributed by atoms with Crippen LogP contribution in [-0.2, 0) is 4.79 Å². The molecule has 0 bridgehead atoms. The molecule has 0 aliphatic rings. The number of amides is 1. The first-order valence-corrected chi connectivity index (χ1v) is 5.20. The zero-order valence-corrected chi connectivity index (χ0v) is 8.67. The van der Waals surface area contributed by atoms with Crippen molar-refractivity contribution in [3.63, 3.8) is 0 Å². The van der Waals surface area contributed by atoms with Gasteiger partial charge in [-0.2, -0.15) is 0 Å². The number of carbonyl (C=O) groups is 1. The standard InChI is InChI=1S/C11H8N2OS/c12-10(14)6-3-7-11-13-8-4-1-2-5-9(8)15-11/h1-2,4-5H,6H2,(H2,12,14). The van der Waals surface area contributed by atoms with Gasteiger partial charge in [-0.15, -0.1) is 11.3 Å². The molecule has 0 unspecified atom stereocenters. The van der Waals surface area contributed by atoms with Crippen molar-refractivity contribution in [1.29, 1.82) is 0 Å². The van der Waals surface area contributed by atoms with E-state index in [1.807, 2.05) is 24.3 Å². The smallest absolute Gasteiger partial charge is 0.229 e. The zero-order chi connectivity index (χ0) is 10.7. The van der Waals surface area contributed by atoms with Gasteiger partial charge in [0.1, 0.15) is 0 Å². The summed E-state index contributed by atoms with van der Waals surface area (Å²) >= 11 is 1.51. The van der Waals surface area contributed by atoms with Gasteiger partial charge in [0.15, 0.2) is 5.01 Å². The van der Waals surface area contributed by atoms with Gasteiger partial charge in [-0.25, -0.2) is 4.98 Å². The molecule has 1 aromatic heterocycles. The predicted octanol–water partition coefficient (Wildman–Crippen LogP) is 1.52. The van der Waals surface area contributed by atoms with Crippen LogP contribution >= 0.6 is 11.3 Å². The number of hydrogen-bond donors (Lipinski definition) is 1. The molecule has 0 fully saturated rings. The maximum absolute atomic E-state index is 10.5. The molecule has 0 atom stereocenters. The van der Waals surface area contributed by atoms with Crippen molar-refractivity contribution in [3.05, 3.63) is 29.3 Å². The van der Waals surface area contributed by atoms with Crippen LogP contribution in [0.4, 0.5) is 0 Å². The van der Waals surface area contributed by atoms with Gasteiger partial charge in [0.2, 0.25) is 5.91 Å². The lowest BCUT2D eigenvalue weighted by atomic mass is 10.3. The highest BCUT2D eigenvalue weighted by molar-refractivity contribution is 7.19. The lowest BCUT2D eigenvalue weighted by molar-refractivity contribution is -0.117. The van der Waals surface area contributed by atoms with E-state index in [0.29, 0.717) is 0 Å². The number of nitrogens with zero attached hydrogens (tertiary/aromatic N) is 1. The third-order valence-corrected chi connectivity index (χ3v) is 2.70. The minimum Gasteiger partial charge on any atom is -0.369 e. The summed E-state index contributed by atoms with van der Waals surface area (Å²) in [7, 11) is 0. The van der Waals surface area contributed by atoms with Crippen LogP contribution in [0.5, 0.6) is 0 Å². The second-order valence-corrected chi connectivity index (χ2v) is 3.96. The molecule has 2 aromatic rings. The fourth-order valence-electron chi connectivity index (χ4n) is 1.13. The van der Waals surface area contributed by atoms with Gasteiger partial charge in [0.25, 0.3) is 0 Å². The Morgan fingerprint density at radius 3 is 3.00 bits per heavy atom. The average Bonchev–Trinajstić information content (AvgIpc) is 2.59. The molecule has 74 valence electrons. The number of para-hydroxylation sites is 1. The lowest BCUT2D eigenvalue weighted by Gasteiger charge is -1.80. The van der Waals surface area contributed by atoms with Gasteiger partial charge >= 0.3 is 0 Å². The molecule has 0 saturated heterocycles. The molecule has 4 heteroatoms. The van der Waals surface area contributed by atoms with Crippen molar-refractivity contribution < 1.29 is 4.79 Å². The van der Waals surface area contributed by atoms with Crippen LogP contribution in [0.2, 0.25) is 0 Å². The summed E-state index contributed by atoms with van der Waals surface area (Å²) in [6.45, 7) is 0. The van der Waals surface area contributed by atoms with Crippen LogP contribution in [0.1, 0.15) is 11.4 Å². The van der Waals surface area contributed by atoms with Crippen LogP contribution in [0.25, 0.3) is 10.2 Å². The van der Waals surface area contributed by atoms with Crippen molar-refractivity contribution in [1.82, 2.24) is 4.98 Å². The molecule has 2 rings (SSSR count). The third kappa shape index (κ3) is 2.33. The van der Waals surface area contributed by atoms with Crippen LogP contribution in [0, 0.1) is 11.8 Å². The Kier molecular flexibility index (Phi) is 2.66. The van der Waals surface area contributed by atoms with E-state index in [1.54, 1.807) is 0 Å². The summed E-state index contributed by atoms with van der Waals surface area (Å²) in [4.78, 5) is 14.8. The summed E-state index contributed by atoms with van der Waals surface area (Å²) in [6, 6.07) is 7.82. The molecule has 0 radical (unpaired) electrons. The van der Waals surface area contributed by atoms with Crippen molar-refractivity contribution in [2.24, 2.45) is 5.73 Å². The van der Waals surface area contributed by atoms with Gasteiger partial charge in [-0.3, -0.25) is 4.79 Å². The van der Waals surface area contributed by atoms with Gasteiger partial charge < -0.3 is 5.73 Å². The number of fused-ring (bicyclic) bond motifs is 1. The fourth-order valence-corrected chi connectivity index (χ4v) is 1.97. The van der Waals surface area contributed by atoms with Crippen molar-refractivity contribution in [3.8, 4) is 11.8 Å². The summed E-state index contributed by atoms with van der Waals surface area (Å²) in [5.41, 5.74) is 5.91. The highest BCUT2D eigenvalue weighted by Gasteiger charge is 1.98. The number of thiazole rings is 1. The SMILES string of the molecule is NC(=O)CC#Cc1nc2ccccc2s1. The quantitative estimate of drug-likeness (QED) is 0.735. The molecule has 1 aromatic carbocycles.